The van der Waals surface area contributed by atoms with Crippen LogP contribution in [0.15, 0.2) is 29.2 Å². The van der Waals surface area contributed by atoms with Gasteiger partial charge < -0.3 is 4.90 Å². The van der Waals surface area contributed by atoms with Crippen LogP contribution in [0.5, 0.6) is 0 Å². The first-order valence-corrected chi connectivity index (χ1v) is 8.31. The predicted molar refractivity (Wildman–Crippen MR) is 83.9 cm³/mol. The summed E-state index contributed by atoms with van der Waals surface area (Å²) in [6.07, 6.45) is 5.23. The van der Waals surface area contributed by atoms with Crippen molar-refractivity contribution < 1.29 is 4.79 Å². The third-order valence-electron chi connectivity index (χ3n) is 3.47. The van der Waals surface area contributed by atoms with Crippen molar-refractivity contribution in [3.8, 4) is 0 Å². The van der Waals surface area contributed by atoms with Crippen LogP contribution in [0, 0.1) is 0 Å². The predicted octanol–water partition coefficient (Wildman–Crippen LogP) is 4.45. The van der Waals surface area contributed by atoms with Crippen LogP contribution in [0.25, 0.3) is 0 Å². The zero-order valence-corrected chi connectivity index (χ0v) is 13.3. The van der Waals surface area contributed by atoms with E-state index in [1.165, 1.54) is 4.90 Å². The first-order valence-electron chi connectivity index (χ1n) is 7.09. The summed E-state index contributed by atoms with van der Waals surface area (Å²) < 4.78 is 0. The highest BCUT2D eigenvalue weighted by Gasteiger charge is 2.19. The van der Waals surface area contributed by atoms with E-state index in [0.717, 1.165) is 31.4 Å². The summed E-state index contributed by atoms with van der Waals surface area (Å²) in [7, 11) is 0. The van der Waals surface area contributed by atoms with Gasteiger partial charge in [-0.05, 0) is 50.3 Å². The number of benzene rings is 1. The number of rotatable bonds is 7. The molecule has 1 atom stereocenters. The van der Waals surface area contributed by atoms with Gasteiger partial charge in [0.05, 0.1) is 0 Å². The average molecular weight is 279 g/mol. The number of hydrogen-bond acceptors (Lipinski definition) is 2. The van der Waals surface area contributed by atoms with Crippen LogP contribution in [0.3, 0.4) is 0 Å². The monoisotopic (exact) mass is 279 g/mol. The Bertz CT molecular complexity index is 388. The second kappa shape index (κ2) is 8.26. The second-order valence-corrected chi connectivity index (χ2v) is 5.72. The molecule has 0 aliphatic carbocycles. The molecule has 2 nitrogen and oxygen atoms in total. The average Bonchev–Trinajstić information content (AvgIpc) is 2.47. The highest BCUT2D eigenvalue weighted by molar-refractivity contribution is 7.98. The molecule has 106 valence electrons. The van der Waals surface area contributed by atoms with E-state index < -0.39 is 0 Å². The Balaban J connectivity index is 2.84. The van der Waals surface area contributed by atoms with Gasteiger partial charge in [-0.3, -0.25) is 4.79 Å². The minimum Gasteiger partial charge on any atom is -0.336 e. The maximum atomic E-state index is 12.6. The van der Waals surface area contributed by atoms with Gasteiger partial charge >= 0.3 is 0 Å². The van der Waals surface area contributed by atoms with E-state index in [1.807, 2.05) is 35.4 Å². The normalized spacial score (nSPS) is 12.2. The first kappa shape index (κ1) is 16.1. The highest BCUT2D eigenvalue weighted by Crippen LogP contribution is 2.17. The SMILES string of the molecule is CCCCN(C(=O)c1ccc(SC)cc1)C(C)CC. The van der Waals surface area contributed by atoms with Gasteiger partial charge in [-0.15, -0.1) is 11.8 Å². The van der Waals surface area contributed by atoms with E-state index in [9.17, 15) is 4.79 Å². The van der Waals surface area contributed by atoms with Crippen molar-refractivity contribution in [2.75, 3.05) is 12.8 Å². The van der Waals surface area contributed by atoms with Gasteiger partial charge in [-0.25, -0.2) is 0 Å². The third kappa shape index (κ3) is 4.57. The molecule has 19 heavy (non-hydrogen) atoms. The number of hydrogen-bond donors (Lipinski definition) is 0. The fourth-order valence-corrected chi connectivity index (χ4v) is 2.38. The minimum absolute atomic E-state index is 0.162. The van der Waals surface area contributed by atoms with Gasteiger partial charge in [0.2, 0.25) is 0 Å². The van der Waals surface area contributed by atoms with Crippen molar-refractivity contribution >= 4 is 17.7 Å². The lowest BCUT2D eigenvalue weighted by Crippen LogP contribution is -2.39. The fourth-order valence-electron chi connectivity index (χ4n) is 1.97. The quantitative estimate of drug-likeness (QED) is 0.687. The number of amides is 1. The Morgan fingerprint density at radius 3 is 2.37 bits per heavy atom. The molecule has 0 aliphatic heterocycles. The van der Waals surface area contributed by atoms with Crippen molar-refractivity contribution in [3.05, 3.63) is 29.8 Å². The van der Waals surface area contributed by atoms with Gasteiger partial charge in [0.25, 0.3) is 5.91 Å². The van der Waals surface area contributed by atoms with Crippen molar-refractivity contribution in [1.82, 2.24) is 4.90 Å². The van der Waals surface area contributed by atoms with E-state index in [2.05, 4.69) is 20.8 Å². The van der Waals surface area contributed by atoms with E-state index in [0.29, 0.717) is 6.04 Å². The van der Waals surface area contributed by atoms with E-state index in [1.54, 1.807) is 11.8 Å². The number of unbranched alkanes of at least 4 members (excludes halogenated alkanes) is 1. The maximum Gasteiger partial charge on any atom is 0.254 e. The maximum absolute atomic E-state index is 12.6. The van der Waals surface area contributed by atoms with Crippen molar-refractivity contribution in [1.29, 1.82) is 0 Å². The lowest BCUT2D eigenvalue weighted by atomic mass is 10.1. The Hall–Kier alpha value is -0.960. The molecule has 0 aromatic heterocycles. The standard InChI is InChI=1S/C16H25NOS/c1-5-7-12-17(13(3)6-2)16(18)14-8-10-15(19-4)11-9-14/h8-11,13H,5-7,12H2,1-4H3. The van der Waals surface area contributed by atoms with Crippen molar-refractivity contribution in [3.63, 3.8) is 0 Å². The molecule has 0 N–H and O–H groups in total. The largest absolute Gasteiger partial charge is 0.336 e. The molecule has 1 aromatic carbocycles. The van der Waals surface area contributed by atoms with Crippen LogP contribution >= 0.6 is 11.8 Å². The Morgan fingerprint density at radius 2 is 1.89 bits per heavy atom. The molecule has 0 fully saturated rings. The molecule has 0 bridgehead atoms. The van der Waals surface area contributed by atoms with Gasteiger partial charge in [-0.2, -0.15) is 0 Å². The van der Waals surface area contributed by atoms with Crippen molar-refractivity contribution in [2.24, 2.45) is 0 Å². The van der Waals surface area contributed by atoms with Gasteiger partial charge in [0.15, 0.2) is 0 Å². The summed E-state index contributed by atoms with van der Waals surface area (Å²) in [5, 5.41) is 0. The van der Waals surface area contributed by atoms with E-state index in [-0.39, 0.29) is 5.91 Å². The second-order valence-electron chi connectivity index (χ2n) is 4.84. The Labute approximate surface area is 121 Å². The molecule has 3 heteroatoms. The van der Waals surface area contributed by atoms with Crippen LogP contribution in [0.4, 0.5) is 0 Å². The molecule has 0 saturated carbocycles. The topological polar surface area (TPSA) is 20.3 Å². The lowest BCUT2D eigenvalue weighted by Gasteiger charge is -2.28. The summed E-state index contributed by atoms with van der Waals surface area (Å²) in [5.41, 5.74) is 0.800. The Kier molecular flexibility index (Phi) is 7.00. The molecule has 1 unspecified atom stereocenters. The van der Waals surface area contributed by atoms with Gasteiger partial charge in [0.1, 0.15) is 0 Å². The summed E-state index contributed by atoms with van der Waals surface area (Å²) >= 11 is 1.70. The molecule has 1 aromatic rings. The number of carbonyl (C=O) groups excluding carboxylic acids is 1. The lowest BCUT2D eigenvalue weighted by molar-refractivity contribution is 0.0685. The third-order valence-corrected chi connectivity index (χ3v) is 4.22. The zero-order chi connectivity index (χ0) is 14.3. The summed E-state index contributed by atoms with van der Waals surface area (Å²) in [4.78, 5) is 15.8. The fraction of sp³-hybridized carbons (Fsp3) is 0.562. The van der Waals surface area contributed by atoms with Gasteiger partial charge in [-0.1, -0.05) is 20.3 Å². The van der Waals surface area contributed by atoms with Gasteiger partial charge in [0, 0.05) is 23.0 Å². The van der Waals surface area contributed by atoms with Crippen molar-refractivity contribution in [2.45, 2.75) is 51.0 Å². The molecule has 0 radical (unpaired) electrons. The molecule has 0 heterocycles. The molecule has 0 saturated heterocycles. The number of thioether (sulfide) groups is 1. The minimum atomic E-state index is 0.162. The molecule has 0 spiro atoms. The Morgan fingerprint density at radius 1 is 1.26 bits per heavy atom. The number of nitrogens with zero attached hydrogens (tertiary/aromatic N) is 1. The molecule has 0 aliphatic rings. The molecular weight excluding hydrogens is 254 g/mol. The van der Waals surface area contributed by atoms with Crippen LogP contribution < -0.4 is 0 Å². The molecule has 1 amide bonds. The van der Waals surface area contributed by atoms with E-state index >= 15 is 0 Å². The summed E-state index contributed by atoms with van der Waals surface area (Å²) in [5.74, 6) is 0.162. The molecular formula is C16H25NOS. The van der Waals surface area contributed by atoms with Crippen LogP contribution in [0.2, 0.25) is 0 Å². The smallest absolute Gasteiger partial charge is 0.254 e. The zero-order valence-electron chi connectivity index (χ0n) is 12.5. The summed E-state index contributed by atoms with van der Waals surface area (Å²) in [6, 6.07) is 8.23. The molecule has 1 rings (SSSR count). The summed E-state index contributed by atoms with van der Waals surface area (Å²) in [6.45, 7) is 7.28. The van der Waals surface area contributed by atoms with Crippen LogP contribution in [0.1, 0.15) is 50.4 Å². The van der Waals surface area contributed by atoms with Crippen LogP contribution in [-0.2, 0) is 0 Å². The number of carbonyl (C=O) groups is 1. The first-order chi connectivity index (χ1) is 9.13. The highest BCUT2D eigenvalue weighted by atomic mass is 32.2. The van der Waals surface area contributed by atoms with Crippen LogP contribution in [-0.4, -0.2) is 29.6 Å². The van der Waals surface area contributed by atoms with E-state index in [4.69, 9.17) is 0 Å².